The fraction of sp³-hybridized carbons (Fsp3) is 0.930. The second kappa shape index (κ2) is 66.7. The van der Waals surface area contributed by atoms with Crippen LogP contribution in [-0.2, 0) is 28.6 Å². The maximum atomic E-state index is 12.9. The molecule has 0 aromatic carbocycles. The normalized spacial score (nSPS) is 12.0. The maximum Gasteiger partial charge on any atom is 0.306 e. The molecule has 0 fully saturated rings. The number of esters is 3. The summed E-state index contributed by atoms with van der Waals surface area (Å²) < 4.78 is 17.0. The number of ether oxygens (including phenoxy) is 3. The molecule has 0 spiro atoms. The van der Waals surface area contributed by atoms with Crippen LogP contribution in [0.5, 0.6) is 0 Å². The Hall–Kier alpha value is -1.85. The van der Waals surface area contributed by atoms with Gasteiger partial charge in [-0.1, -0.05) is 354 Å². The summed E-state index contributed by atoms with van der Waals surface area (Å²) in [6.45, 7) is 6.70. The van der Waals surface area contributed by atoms with Gasteiger partial charge in [0.25, 0.3) is 0 Å². The molecule has 0 aliphatic rings. The Labute approximate surface area is 481 Å². The fourth-order valence-corrected chi connectivity index (χ4v) is 11.0. The van der Waals surface area contributed by atoms with Crippen LogP contribution in [0.1, 0.15) is 406 Å². The Kier molecular flexibility index (Phi) is 65.1. The number of carbonyl (C=O) groups excluding carboxylic acids is 3. The lowest BCUT2D eigenvalue weighted by Gasteiger charge is -2.18. The Bertz CT molecular complexity index is 1200. The van der Waals surface area contributed by atoms with Gasteiger partial charge in [0.15, 0.2) is 6.10 Å². The van der Waals surface area contributed by atoms with Gasteiger partial charge in [-0.25, -0.2) is 0 Å². The van der Waals surface area contributed by atoms with Crippen LogP contribution in [0.15, 0.2) is 12.2 Å². The monoisotopic (exact) mass is 1090 g/mol. The van der Waals surface area contributed by atoms with E-state index in [1.165, 1.54) is 302 Å². The highest BCUT2D eigenvalue weighted by Crippen LogP contribution is 2.19. The Morgan fingerprint density at radius 1 is 0.247 bits per heavy atom. The van der Waals surface area contributed by atoms with Gasteiger partial charge in [0, 0.05) is 19.3 Å². The van der Waals surface area contributed by atoms with Crippen molar-refractivity contribution >= 4 is 17.9 Å². The topological polar surface area (TPSA) is 78.9 Å². The standard InChI is InChI=1S/C71H136O6/c1-4-7-10-13-16-19-22-25-27-28-29-30-31-32-33-34-35-36-37-38-39-40-41-42-44-46-49-52-55-58-61-64-70(73)76-67-68(66-75-69(72)63-60-57-54-51-48-45-24-21-18-15-12-9-6-3)77-71(74)65-62-59-56-53-50-47-43-26-23-20-17-14-11-8-5-2/h21,24,68H,4-20,22-23,25-67H2,1-3H3/b24-21-. The minimum atomic E-state index is -0.769. The number of unbranched alkanes of at least 4 members (excludes halogenated alkanes) is 53. The van der Waals surface area contributed by atoms with Crippen LogP contribution in [0.25, 0.3) is 0 Å². The van der Waals surface area contributed by atoms with Gasteiger partial charge in [-0.15, -0.1) is 0 Å². The molecule has 0 aromatic rings. The van der Waals surface area contributed by atoms with E-state index in [1.54, 1.807) is 0 Å². The molecule has 0 aliphatic heterocycles. The van der Waals surface area contributed by atoms with E-state index in [9.17, 15) is 14.4 Å². The highest BCUT2D eigenvalue weighted by Gasteiger charge is 2.19. The first kappa shape index (κ1) is 75.2. The van der Waals surface area contributed by atoms with Gasteiger partial charge in [0.2, 0.25) is 0 Å². The average molecular weight is 1090 g/mol. The zero-order valence-electron chi connectivity index (χ0n) is 52.5. The van der Waals surface area contributed by atoms with Crippen LogP contribution >= 0.6 is 0 Å². The minimum absolute atomic E-state index is 0.0660. The SMILES string of the molecule is CCCCCC/C=C\CCCCCCCC(=O)OCC(COC(=O)CCCCCCCCCCCCCCCCCCCCCCCCCCCCCCCCC)OC(=O)CCCCCCCCCCCCCCCCC. The van der Waals surface area contributed by atoms with Crippen molar-refractivity contribution in [3.05, 3.63) is 12.2 Å². The molecule has 1 atom stereocenters. The molecule has 0 saturated heterocycles. The molecule has 0 rings (SSSR count). The van der Waals surface area contributed by atoms with Crippen molar-refractivity contribution < 1.29 is 28.6 Å². The number of carbonyl (C=O) groups is 3. The molecule has 0 saturated carbocycles. The lowest BCUT2D eigenvalue weighted by atomic mass is 10.0. The van der Waals surface area contributed by atoms with Crippen molar-refractivity contribution in [2.24, 2.45) is 0 Å². The molecule has 0 aromatic heterocycles. The van der Waals surface area contributed by atoms with E-state index in [2.05, 4.69) is 32.9 Å². The number of hydrogen-bond donors (Lipinski definition) is 0. The molecule has 456 valence electrons. The molecule has 0 aliphatic carbocycles. The van der Waals surface area contributed by atoms with Crippen LogP contribution in [-0.4, -0.2) is 37.2 Å². The lowest BCUT2D eigenvalue weighted by Crippen LogP contribution is -2.30. The summed E-state index contributed by atoms with van der Waals surface area (Å²) in [6, 6.07) is 0. The highest BCUT2D eigenvalue weighted by molar-refractivity contribution is 5.71. The third-order valence-electron chi connectivity index (χ3n) is 16.3. The van der Waals surface area contributed by atoms with Crippen molar-refractivity contribution in [2.45, 2.75) is 412 Å². The summed E-state index contributed by atoms with van der Waals surface area (Å²) >= 11 is 0. The quantitative estimate of drug-likeness (QED) is 0.0261. The van der Waals surface area contributed by atoms with E-state index in [1.807, 2.05) is 0 Å². The van der Waals surface area contributed by atoms with Crippen LogP contribution in [0.3, 0.4) is 0 Å². The van der Waals surface area contributed by atoms with Crippen LogP contribution in [0.2, 0.25) is 0 Å². The van der Waals surface area contributed by atoms with Crippen LogP contribution < -0.4 is 0 Å². The first-order valence-electron chi connectivity index (χ1n) is 35.2. The van der Waals surface area contributed by atoms with E-state index in [4.69, 9.17) is 14.2 Å². The van der Waals surface area contributed by atoms with Gasteiger partial charge < -0.3 is 14.2 Å². The van der Waals surface area contributed by atoms with Gasteiger partial charge in [-0.05, 0) is 44.9 Å². The van der Waals surface area contributed by atoms with E-state index in [-0.39, 0.29) is 31.1 Å². The van der Waals surface area contributed by atoms with Crippen molar-refractivity contribution in [2.75, 3.05) is 13.2 Å². The summed E-state index contributed by atoms with van der Waals surface area (Å²) in [5.41, 5.74) is 0. The maximum absolute atomic E-state index is 12.9. The highest BCUT2D eigenvalue weighted by atomic mass is 16.6. The largest absolute Gasteiger partial charge is 0.462 e. The first-order chi connectivity index (χ1) is 38.0. The summed E-state index contributed by atoms with van der Waals surface area (Å²) in [4.78, 5) is 38.3. The zero-order valence-corrected chi connectivity index (χ0v) is 52.5. The fourth-order valence-electron chi connectivity index (χ4n) is 11.0. The molecule has 1 unspecified atom stereocenters. The van der Waals surface area contributed by atoms with Crippen molar-refractivity contribution in [1.82, 2.24) is 0 Å². The minimum Gasteiger partial charge on any atom is -0.462 e. The Morgan fingerprint density at radius 3 is 0.662 bits per heavy atom. The van der Waals surface area contributed by atoms with E-state index in [0.717, 1.165) is 64.2 Å². The molecule has 0 heterocycles. The Balaban J connectivity index is 4.08. The van der Waals surface area contributed by atoms with E-state index < -0.39 is 6.10 Å². The molecule has 77 heavy (non-hydrogen) atoms. The van der Waals surface area contributed by atoms with Gasteiger partial charge in [0.05, 0.1) is 0 Å². The molecule has 0 bridgehead atoms. The molecule has 0 amide bonds. The van der Waals surface area contributed by atoms with Gasteiger partial charge in [0.1, 0.15) is 13.2 Å². The van der Waals surface area contributed by atoms with Gasteiger partial charge in [-0.2, -0.15) is 0 Å². The Morgan fingerprint density at radius 2 is 0.429 bits per heavy atom. The second-order valence-electron chi connectivity index (χ2n) is 24.2. The number of hydrogen-bond acceptors (Lipinski definition) is 6. The molecule has 0 radical (unpaired) electrons. The molecular weight excluding hydrogens is 949 g/mol. The summed E-state index contributed by atoms with van der Waals surface area (Å²) in [6.07, 6.45) is 79.7. The smallest absolute Gasteiger partial charge is 0.306 e. The third kappa shape index (κ3) is 64.9. The van der Waals surface area contributed by atoms with Crippen molar-refractivity contribution in [3.8, 4) is 0 Å². The lowest BCUT2D eigenvalue weighted by molar-refractivity contribution is -0.167. The molecule has 6 nitrogen and oxygen atoms in total. The molecular formula is C71H136O6. The summed E-state index contributed by atoms with van der Waals surface area (Å²) in [5.74, 6) is -0.843. The zero-order chi connectivity index (χ0) is 55.7. The molecule has 0 N–H and O–H groups in total. The summed E-state index contributed by atoms with van der Waals surface area (Å²) in [7, 11) is 0. The van der Waals surface area contributed by atoms with Gasteiger partial charge in [-0.3, -0.25) is 14.4 Å². The van der Waals surface area contributed by atoms with Crippen molar-refractivity contribution in [1.29, 1.82) is 0 Å². The number of allylic oxidation sites excluding steroid dienone is 2. The summed E-state index contributed by atoms with van der Waals surface area (Å²) in [5, 5.41) is 0. The average Bonchev–Trinajstić information content (AvgIpc) is 3.43. The van der Waals surface area contributed by atoms with Crippen molar-refractivity contribution in [3.63, 3.8) is 0 Å². The van der Waals surface area contributed by atoms with Crippen LogP contribution in [0.4, 0.5) is 0 Å². The van der Waals surface area contributed by atoms with Gasteiger partial charge >= 0.3 is 17.9 Å². The van der Waals surface area contributed by atoms with Crippen LogP contribution in [0, 0.1) is 0 Å². The third-order valence-corrected chi connectivity index (χ3v) is 16.3. The second-order valence-corrected chi connectivity index (χ2v) is 24.2. The predicted molar refractivity (Wildman–Crippen MR) is 335 cm³/mol. The van der Waals surface area contributed by atoms with E-state index in [0.29, 0.717) is 19.3 Å². The molecule has 6 heteroatoms. The first-order valence-corrected chi connectivity index (χ1v) is 35.2. The number of rotatable bonds is 66. The predicted octanol–water partition coefficient (Wildman–Crippen LogP) is 24.0. The van der Waals surface area contributed by atoms with E-state index >= 15 is 0 Å².